The first-order valence-corrected chi connectivity index (χ1v) is 8.96. The van der Waals surface area contributed by atoms with Crippen LogP contribution in [0.5, 0.6) is 0 Å². The van der Waals surface area contributed by atoms with Gasteiger partial charge in [-0.05, 0) is 29.8 Å². The molecule has 26 heavy (non-hydrogen) atoms. The highest BCUT2D eigenvalue weighted by molar-refractivity contribution is 6.30. The van der Waals surface area contributed by atoms with Crippen LogP contribution in [0, 0.1) is 5.92 Å². The van der Waals surface area contributed by atoms with Crippen LogP contribution < -0.4 is 0 Å². The summed E-state index contributed by atoms with van der Waals surface area (Å²) in [5.41, 5.74) is 1.09. The van der Waals surface area contributed by atoms with Gasteiger partial charge in [0, 0.05) is 29.9 Å². The summed E-state index contributed by atoms with van der Waals surface area (Å²) in [5.74, 6) is 1.55. The van der Waals surface area contributed by atoms with Gasteiger partial charge in [0.1, 0.15) is 11.6 Å². The molecule has 0 N–H and O–H groups in total. The van der Waals surface area contributed by atoms with Gasteiger partial charge in [-0.2, -0.15) is 0 Å². The first-order valence-electron chi connectivity index (χ1n) is 8.58. The average Bonchev–Trinajstić information content (AvgIpc) is 3.26. The van der Waals surface area contributed by atoms with E-state index in [0.29, 0.717) is 24.7 Å². The van der Waals surface area contributed by atoms with Crippen molar-refractivity contribution < 1.29 is 9.21 Å². The molecule has 0 aliphatic carbocycles. The molecular formula is C20H22ClN3O2. The van der Waals surface area contributed by atoms with Gasteiger partial charge in [0.05, 0.1) is 19.4 Å². The summed E-state index contributed by atoms with van der Waals surface area (Å²) >= 11 is 6.08. The lowest BCUT2D eigenvalue weighted by Crippen LogP contribution is -2.34. The van der Waals surface area contributed by atoms with Gasteiger partial charge in [-0.25, -0.2) is 4.98 Å². The molecular weight excluding hydrogens is 350 g/mol. The predicted octanol–water partition coefficient (Wildman–Crippen LogP) is 4.36. The van der Waals surface area contributed by atoms with Gasteiger partial charge in [0.2, 0.25) is 5.91 Å². The molecule has 0 fully saturated rings. The Morgan fingerprint density at radius 1 is 1.27 bits per heavy atom. The van der Waals surface area contributed by atoms with E-state index in [2.05, 4.69) is 4.98 Å². The van der Waals surface area contributed by atoms with E-state index in [1.165, 1.54) is 0 Å². The van der Waals surface area contributed by atoms with E-state index in [4.69, 9.17) is 16.0 Å². The number of halogens is 1. The molecule has 6 heteroatoms. The molecule has 0 aliphatic heterocycles. The maximum Gasteiger partial charge on any atom is 0.225 e. The molecule has 0 saturated heterocycles. The number of nitrogens with zero attached hydrogens (tertiary/aromatic N) is 3. The first kappa shape index (κ1) is 18.3. The minimum absolute atomic E-state index is 0.0682. The van der Waals surface area contributed by atoms with Crippen LogP contribution in [0.15, 0.2) is 59.5 Å². The maximum absolute atomic E-state index is 12.6. The summed E-state index contributed by atoms with van der Waals surface area (Å²) in [7, 11) is 0. The molecule has 0 unspecified atom stereocenters. The van der Waals surface area contributed by atoms with Crippen molar-refractivity contribution in [2.75, 3.05) is 0 Å². The van der Waals surface area contributed by atoms with E-state index in [9.17, 15) is 4.79 Å². The Bertz CT molecular complexity index is 856. The van der Waals surface area contributed by atoms with Crippen molar-refractivity contribution in [3.8, 4) is 0 Å². The smallest absolute Gasteiger partial charge is 0.225 e. The molecule has 2 aromatic heterocycles. The Labute approximate surface area is 158 Å². The van der Waals surface area contributed by atoms with Gasteiger partial charge in [0.15, 0.2) is 0 Å². The van der Waals surface area contributed by atoms with Crippen LogP contribution in [-0.4, -0.2) is 20.4 Å². The van der Waals surface area contributed by atoms with Crippen LogP contribution in [-0.2, 0) is 24.4 Å². The molecule has 0 spiro atoms. The lowest BCUT2D eigenvalue weighted by Gasteiger charge is -2.24. The van der Waals surface area contributed by atoms with Crippen molar-refractivity contribution in [2.45, 2.75) is 33.5 Å². The van der Waals surface area contributed by atoms with E-state index in [1.807, 2.05) is 61.0 Å². The van der Waals surface area contributed by atoms with Crippen LogP contribution in [0.3, 0.4) is 0 Å². The van der Waals surface area contributed by atoms with Crippen LogP contribution in [0.25, 0.3) is 0 Å². The molecule has 0 radical (unpaired) electrons. The number of rotatable bonds is 7. The largest absolute Gasteiger partial charge is 0.467 e. The van der Waals surface area contributed by atoms with Crippen molar-refractivity contribution in [3.63, 3.8) is 0 Å². The molecule has 136 valence electrons. The topological polar surface area (TPSA) is 51.3 Å². The number of aromatic nitrogens is 2. The van der Waals surface area contributed by atoms with Gasteiger partial charge in [-0.1, -0.05) is 37.6 Å². The number of furan rings is 1. The number of carbonyl (C=O) groups excluding carboxylic acids is 1. The third kappa shape index (κ3) is 4.55. The second kappa shape index (κ2) is 8.23. The normalized spacial score (nSPS) is 11.1. The standard InChI is InChI=1S/C20H22ClN3O2/c1-15(2)20(25)24(13-18-7-4-10-26-18)14-19-22-8-9-23(19)12-16-5-3-6-17(21)11-16/h3-11,15H,12-14H2,1-2H3. The Morgan fingerprint density at radius 2 is 2.12 bits per heavy atom. The van der Waals surface area contributed by atoms with E-state index in [1.54, 1.807) is 17.4 Å². The van der Waals surface area contributed by atoms with Gasteiger partial charge >= 0.3 is 0 Å². The van der Waals surface area contributed by atoms with Crippen LogP contribution in [0.2, 0.25) is 5.02 Å². The van der Waals surface area contributed by atoms with Crippen molar-refractivity contribution in [1.82, 2.24) is 14.5 Å². The number of hydrogen-bond donors (Lipinski definition) is 0. The second-order valence-corrected chi connectivity index (χ2v) is 6.97. The highest BCUT2D eigenvalue weighted by Crippen LogP contribution is 2.16. The van der Waals surface area contributed by atoms with E-state index >= 15 is 0 Å². The lowest BCUT2D eigenvalue weighted by atomic mass is 10.2. The van der Waals surface area contributed by atoms with Crippen LogP contribution in [0.1, 0.15) is 31.0 Å². The van der Waals surface area contributed by atoms with E-state index < -0.39 is 0 Å². The Hall–Kier alpha value is -2.53. The highest BCUT2D eigenvalue weighted by Gasteiger charge is 2.20. The Morgan fingerprint density at radius 3 is 2.81 bits per heavy atom. The minimum atomic E-state index is -0.0960. The zero-order valence-electron chi connectivity index (χ0n) is 14.9. The van der Waals surface area contributed by atoms with Crippen molar-refractivity contribution >= 4 is 17.5 Å². The number of carbonyl (C=O) groups is 1. The van der Waals surface area contributed by atoms with Gasteiger partial charge < -0.3 is 13.9 Å². The summed E-state index contributed by atoms with van der Waals surface area (Å²) in [6.07, 6.45) is 5.29. The summed E-state index contributed by atoms with van der Waals surface area (Å²) in [6.45, 7) is 5.30. The summed E-state index contributed by atoms with van der Waals surface area (Å²) in [5, 5.41) is 0.707. The fourth-order valence-corrected chi connectivity index (χ4v) is 3.02. The zero-order valence-corrected chi connectivity index (χ0v) is 15.7. The van der Waals surface area contributed by atoms with Crippen molar-refractivity contribution in [3.05, 3.63) is 77.2 Å². The molecule has 5 nitrogen and oxygen atoms in total. The number of benzene rings is 1. The molecule has 3 rings (SSSR count). The second-order valence-electron chi connectivity index (χ2n) is 6.53. The number of hydrogen-bond acceptors (Lipinski definition) is 3. The molecule has 2 heterocycles. The molecule has 0 bridgehead atoms. The van der Waals surface area contributed by atoms with Crippen molar-refractivity contribution in [2.24, 2.45) is 5.92 Å². The minimum Gasteiger partial charge on any atom is -0.467 e. The maximum atomic E-state index is 12.6. The fourth-order valence-electron chi connectivity index (χ4n) is 2.81. The molecule has 3 aromatic rings. The van der Waals surface area contributed by atoms with E-state index in [0.717, 1.165) is 17.1 Å². The molecule has 0 aliphatic rings. The third-order valence-corrected chi connectivity index (χ3v) is 4.34. The summed E-state index contributed by atoms with van der Waals surface area (Å²) < 4.78 is 7.45. The zero-order chi connectivity index (χ0) is 18.5. The number of amides is 1. The quantitative estimate of drug-likeness (QED) is 0.620. The van der Waals surface area contributed by atoms with Crippen LogP contribution in [0.4, 0.5) is 0 Å². The van der Waals surface area contributed by atoms with Gasteiger partial charge in [-0.3, -0.25) is 4.79 Å². The Balaban J connectivity index is 1.78. The van der Waals surface area contributed by atoms with E-state index in [-0.39, 0.29) is 11.8 Å². The van der Waals surface area contributed by atoms with Gasteiger partial charge in [0.25, 0.3) is 0 Å². The third-order valence-electron chi connectivity index (χ3n) is 4.11. The van der Waals surface area contributed by atoms with Crippen LogP contribution >= 0.6 is 11.6 Å². The van der Waals surface area contributed by atoms with Gasteiger partial charge in [-0.15, -0.1) is 0 Å². The number of imidazole rings is 1. The Kier molecular flexibility index (Phi) is 5.78. The summed E-state index contributed by atoms with van der Waals surface area (Å²) in [4.78, 5) is 18.9. The fraction of sp³-hybridized carbons (Fsp3) is 0.300. The SMILES string of the molecule is CC(C)C(=O)N(Cc1ccco1)Cc1nccn1Cc1cccc(Cl)c1. The molecule has 0 saturated carbocycles. The molecule has 1 amide bonds. The van der Waals surface area contributed by atoms with Crippen molar-refractivity contribution in [1.29, 1.82) is 0 Å². The first-order chi connectivity index (χ1) is 12.5. The molecule has 1 aromatic carbocycles. The lowest BCUT2D eigenvalue weighted by molar-refractivity contribution is -0.136. The summed E-state index contributed by atoms with van der Waals surface area (Å²) in [6, 6.07) is 11.4. The highest BCUT2D eigenvalue weighted by atomic mass is 35.5. The average molecular weight is 372 g/mol. The predicted molar refractivity (Wildman–Crippen MR) is 101 cm³/mol. The molecule has 0 atom stereocenters. The monoisotopic (exact) mass is 371 g/mol.